The Labute approximate surface area is 181 Å². The van der Waals surface area contributed by atoms with Crippen LogP contribution in [0, 0.1) is 19.8 Å². The molecule has 162 valence electrons. The molecule has 1 aromatic rings. The fourth-order valence-electron chi connectivity index (χ4n) is 3.01. The van der Waals surface area contributed by atoms with Gasteiger partial charge in [0.1, 0.15) is 5.76 Å². The lowest BCUT2D eigenvalue weighted by Gasteiger charge is -2.30. The van der Waals surface area contributed by atoms with Gasteiger partial charge in [-0.25, -0.2) is 4.98 Å². The van der Waals surface area contributed by atoms with E-state index in [4.69, 9.17) is 4.42 Å². The summed E-state index contributed by atoms with van der Waals surface area (Å²) < 4.78 is 42.4. The number of aliphatic imine (C=N–C) groups is 1. The summed E-state index contributed by atoms with van der Waals surface area (Å²) in [6.07, 6.45) is -3.01. The maximum atomic E-state index is 12.3. The zero-order valence-corrected chi connectivity index (χ0v) is 19.1. The molecule has 1 fully saturated rings. The van der Waals surface area contributed by atoms with Crippen LogP contribution in [-0.2, 0) is 6.54 Å². The van der Waals surface area contributed by atoms with Crippen molar-refractivity contribution in [3.8, 4) is 0 Å². The number of likely N-dealkylation sites (tertiary alicyclic amines) is 1. The molecule has 2 heterocycles. The molecule has 0 amide bonds. The number of hydrogen-bond donors (Lipinski definition) is 2. The molecule has 1 saturated heterocycles. The summed E-state index contributed by atoms with van der Waals surface area (Å²) in [7, 11) is 0. The van der Waals surface area contributed by atoms with Crippen LogP contribution < -0.4 is 10.6 Å². The second kappa shape index (κ2) is 11.8. The Kier molecular flexibility index (Phi) is 10.6. The van der Waals surface area contributed by atoms with E-state index < -0.39 is 12.6 Å². The van der Waals surface area contributed by atoms with Gasteiger partial charge in [-0.15, -0.1) is 24.0 Å². The van der Waals surface area contributed by atoms with Gasteiger partial charge in [0.05, 0.1) is 18.7 Å². The fourth-order valence-corrected chi connectivity index (χ4v) is 3.01. The van der Waals surface area contributed by atoms with E-state index in [0.717, 1.165) is 43.3 Å². The molecule has 0 atom stereocenters. The Morgan fingerprint density at radius 3 is 2.46 bits per heavy atom. The Hall–Kier alpha value is -1.04. The van der Waals surface area contributed by atoms with E-state index in [-0.39, 0.29) is 30.5 Å². The Morgan fingerprint density at radius 1 is 1.25 bits per heavy atom. The highest BCUT2D eigenvalue weighted by Crippen LogP contribution is 2.20. The average Bonchev–Trinajstić information content (AvgIpc) is 2.90. The zero-order chi connectivity index (χ0) is 19.9. The van der Waals surface area contributed by atoms with E-state index in [9.17, 15) is 13.2 Å². The molecule has 0 aliphatic carbocycles. The quantitative estimate of drug-likeness (QED) is 0.329. The van der Waals surface area contributed by atoms with Crippen LogP contribution in [0.1, 0.15) is 43.5 Å². The summed E-state index contributed by atoms with van der Waals surface area (Å²) in [5, 5.41) is 5.75. The molecule has 28 heavy (non-hydrogen) atoms. The largest absolute Gasteiger partial charge is 0.444 e. The van der Waals surface area contributed by atoms with Crippen LogP contribution in [-0.4, -0.2) is 54.7 Å². The van der Waals surface area contributed by atoms with Gasteiger partial charge >= 0.3 is 6.18 Å². The van der Waals surface area contributed by atoms with Crippen molar-refractivity contribution in [2.24, 2.45) is 10.9 Å². The summed E-state index contributed by atoms with van der Waals surface area (Å²) in [5.74, 6) is 2.51. The van der Waals surface area contributed by atoms with Crippen LogP contribution in [0.3, 0.4) is 0 Å². The van der Waals surface area contributed by atoms with Crippen LogP contribution in [0.4, 0.5) is 13.2 Å². The Balaban J connectivity index is 0.00000392. The number of aromatic nitrogens is 1. The summed E-state index contributed by atoms with van der Waals surface area (Å²) in [5.41, 5.74) is 0.934. The van der Waals surface area contributed by atoms with Crippen molar-refractivity contribution in [1.29, 1.82) is 0 Å². The summed E-state index contributed by atoms with van der Waals surface area (Å²) in [6, 6.07) is 0. The van der Waals surface area contributed by atoms with Gasteiger partial charge in [0.2, 0.25) is 5.89 Å². The summed E-state index contributed by atoms with van der Waals surface area (Å²) in [6.45, 7) is 9.42. The average molecular weight is 517 g/mol. The zero-order valence-electron chi connectivity index (χ0n) is 16.7. The number of hydrogen-bond acceptors (Lipinski definition) is 4. The third kappa shape index (κ3) is 8.97. The highest BCUT2D eigenvalue weighted by molar-refractivity contribution is 14.0. The first-order chi connectivity index (χ1) is 12.8. The first-order valence-electron chi connectivity index (χ1n) is 9.51. The van der Waals surface area contributed by atoms with Gasteiger partial charge in [-0.3, -0.25) is 9.89 Å². The molecule has 0 aromatic carbocycles. The summed E-state index contributed by atoms with van der Waals surface area (Å²) >= 11 is 0. The van der Waals surface area contributed by atoms with Crippen LogP contribution in [0.15, 0.2) is 9.41 Å². The molecule has 1 aliphatic rings. The minimum atomic E-state index is -4.16. The number of piperidine rings is 1. The van der Waals surface area contributed by atoms with Crippen molar-refractivity contribution in [1.82, 2.24) is 20.5 Å². The van der Waals surface area contributed by atoms with Crippen LogP contribution in [0.2, 0.25) is 0 Å². The molecule has 0 bridgehead atoms. The highest BCUT2D eigenvalue weighted by Gasteiger charge is 2.26. The topological polar surface area (TPSA) is 65.7 Å². The molecule has 1 aliphatic heterocycles. The molecular formula is C18H31F3IN5O. The molecule has 0 spiro atoms. The maximum Gasteiger partial charge on any atom is 0.390 e. The smallest absolute Gasteiger partial charge is 0.390 e. The molecule has 1 aromatic heterocycles. The van der Waals surface area contributed by atoms with Crippen molar-refractivity contribution < 1.29 is 17.6 Å². The van der Waals surface area contributed by atoms with Gasteiger partial charge < -0.3 is 15.1 Å². The van der Waals surface area contributed by atoms with E-state index >= 15 is 0 Å². The molecular weight excluding hydrogens is 486 g/mol. The molecule has 2 rings (SSSR count). The van der Waals surface area contributed by atoms with E-state index in [1.54, 1.807) is 0 Å². The maximum absolute atomic E-state index is 12.3. The second-order valence-corrected chi connectivity index (χ2v) is 6.98. The highest BCUT2D eigenvalue weighted by atomic mass is 127. The summed E-state index contributed by atoms with van der Waals surface area (Å²) in [4.78, 5) is 11.2. The second-order valence-electron chi connectivity index (χ2n) is 6.98. The molecule has 0 unspecified atom stereocenters. The lowest BCUT2D eigenvalue weighted by atomic mass is 9.97. The Morgan fingerprint density at radius 2 is 1.93 bits per heavy atom. The number of oxazole rings is 1. The van der Waals surface area contributed by atoms with Crippen LogP contribution in [0.25, 0.3) is 0 Å². The number of nitrogens with zero attached hydrogens (tertiary/aromatic N) is 3. The number of halogens is 4. The number of rotatable bonds is 7. The molecule has 0 radical (unpaired) electrons. The lowest BCUT2D eigenvalue weighted by Crippen LogP contribution is -2.40. The van der Waals surface area contributed by atoms with Crippen LogP contribution >= 0.6 is 24.0 Å². The van der Waals surface area contributed by atoms with Gasteiger partial charge in [-0.2, -0.15) is 13.2 Å². The predicted molar refractivity (Wildman–Crippen MR) is 114 cm³/mol. The van der Waals surface area contributed by atoms with Crippen molar-refractivity contribution >= 4 is 29.9 Å². The van der Waals surface area contributed by atoms with E-state index in [0.29, 0.717) is 31.5 Å². The SMILES string of the molecule is CCNC(=NCC1CCN(Cc2nc(C)c(C)o2)CC1)NCCC(F)(F)F.I. The van der Waals surface area contributed by atoms with Crippen LogP contribution in [0.5, 0.6) is 0 Å². The van der Waals surface area contributed by atoms with Crippen molar-refractivity contribution in [3.63, 3.8) is 0 Å². The normalized spacial score (nSPS) is 16.7. The molecule has 10 heteroatoms. The van der Waals surface area contributed by atoms with Gasteiger partial charge in [-0.05, 0) is 52.6 Å². The van der Waals surface area contributed by atoms with E-state index in [2.05, 4.69) is 25.5 Å². The van der Waals surface area contributed by atoms with E-state index in [1.807, 2.05) is 20.8 Å². The van der Waals surface area contributed by atoms with Crippen molar-refractivity contribution in [2.45, 2.75) is 52.8 Å². The fraction of sp³-hybridized carbons (Fsp3) is 0.778. The minimum Gasteiger partial charge on any atom is -0.444 e. The predicted octanol–water partition coefficient (Wildman–Crippen LogP) is 3.63. The number of aryl methyl sites for hydroxylation is 2. The van der Waals surface area contributed by atoms with Gasteiger partial charge in [0.25, 0.3) is 0 Å². The molecule has 6 nitrogen and oxygen atoms in total. The standard InChI is InChI=1S/C18H30F3N5O.HI/c1-4-22-17(23-8-7-18(19,20)21)24-11-15-5-9-26(10-6-15)12-16-25-13(2)14(3)27-16;/h15H,4-12H2,1-3H3,(H2,22,23,24);1H. The lowest BCUT2D eigenvalue weighted by molar-refractivity contribution is -0.132. The van der Waals surface area contributed by atoms with Crippen molar-refractivity contribution in [3.05, 3.63) is 17.3 Å². The van der Waals surface area contributed by atoms with Crippen molar-refractivity contribution in [2.75, 3.05) is 32.7 Å². The van der Waals surface area contributed by atoms with E-state index in [1.165, 1.54) is 0 Å². The van der Waals surface area contributed by atoms with Gasteiger partial charge in [0, 0.05) is 19.6 Å². The third-order valence-corrected chi connectivity index (χ3v) is 4.69. The Bertz CT molecular complexity index is 593. The van der Waals surface area contributed by atoms with Gasteiger partial charge in [-0.1, -0.05) is 0 Å². The third-order valence-electron chi connectivity index (χ3n) is 4.69. The monoisotopic (exact) mass is 517 g/mol. The number of guanidine groups is 1. The first-order valence-corrected chi connectivity index (χ1v) is 9.51. The van der Waals surface area contributed by atoms with Gasteiger partial charge in [0.15, 0.2) is 5.96 Å². The first kappa shape index (κ1) is 25.0. The minimum absolute atomic E-state index is 0. The molecule has 0 saturated carbocycles. The molecule has 2 N–H and O–H groups in total. The number of nitrogens with one attached hydrogen (secondary N) is 2. The number of alkyl halides is 3.